The topological polar surface area (TPSA) is 32.3 Å². The summed E-state index contributed by atoms with van der Waals surface area (Å²) in [5.74, 6) is 0.111. The standard InChI is InChI=1S/C17H28N2O/c1-5-7-8-12-19(4)17(20)15-10-9-14(3)13-16(15)18-11-6-2/h9-10,13,18H,5-8,11-12H2,1-4H3. The maximum absolute atomic E-state index is 12.5. The maximum atomic E-state index is 12.5. The van der Waals surface area contributed by atoms with Crippen molar-refractivity contribution in [3.63, 3.8) is 0 Å². The van der Waals surface area contributed by atoms with Gasteiger partial charge in [0.2, 0.25) is 0 Å². The highest BCUT2D eigenvalue weighted by molar-refractivity contribution is 5.99. The molecule has 0 fully saturated rings. The van der Waals surface area contributed by atoms with Crippen LogP contribution in [-0.4, -0.2) is 30.9 Å². The molecule has 0 heterocycles. The van der Waals surface area contributed by atoms with E-state index >= 15 is 0 Å². The van der Waals surface area contributed by atoms with Gasteiger partial charge in [0, 0.05) is 25.8 Å². The Bertz CT molecular complexity index is 429. The number of rotatable bonds is 8. The van der Waals surface area contributed by atoms with Crippen LogP contribution in [0.2, 0.25) is 0 Å². The van der Waals surface area contributed by atoms with Crippen molar-refractivity contribution in [1.29, 1.82) is 0 Å². The number of carbonyl (C=O) groups excluding carboxylic acids is 1. The van der Waals surface area contributed by atoms with Gasteiger partial charge in [0.05, 0.1) is 5.56 Å². The molecule has 0 atom stereocenters. The highest BCUT2D eigenvalue weighted by Gasteiger charge is 2.15. The molecule has 0 aromatic heterocycles. The molecule has 0 aliphatic rings. The number of aryl methyl sites for hydroxylation is 1. The molecule has 3 heteroatoms. The summed E-state index contributed by atoms with van der Waals surface area (Å²) in [6, 6.07) is 6.00. The van der Waals surface area contributed by atoms with E-state index < -0.39 is 0 Å². The van der Waals surface area contributed by atoms with E-state index in [0.717, 1.165) is 37.2 Å². The molecule has 20 heavy (non-hydrogen) atoms. The number of carbonyl (C=O) groups is 1. The number of nitrogens with one attached hydrogen (secondary N) is 1. The average Bonchev–Trinajstić information content (AvgIpc) is 2.44. The smallest absolute Gasteiger partial charge is 0.255 e. The normalized spacial score (nSPS) is 10.4. The summed E-state index contributed by atoms with van der Waals surface area (Å²) < 4.78 is 0. The van der Waals surface area contributed by atoms with Gasteiger partial charge in [-0.2, -0.15) is 0 Å². The zero-order chi connectivity index (χ0) is 15.0. The minimum atomic E-state index is 0.111. The summed E-state index contributed by atoms with van der Waals surface area (Å²) in [6.45, 7) is 8.07. The van der Waals surface area contributed by atoms with Gasteiger partial charge < -0.3 is 10.2 Å². The molecule has 0 radical (unpaired) electrons. The van der Waals surface area contributed by atoms with Crippen LogP contribution in [0.4, 0.5) is 5.69 Å². The molecule has 1 aromatic rings. The van der Waals surface area contributed by atoms with Gasteiger partial charge >= 0.3 is 0 Å². The molecular formula is C17H28N2O. The second-order valence-electron chi connectivity index (χ2n) is 5.41. The van der Waals surface area contributed by atoms with Crippen LogP contribution < -0.4 is 5.32 Å². The Balaban J connectivity index is 2.79. The lowest BCUT2D eigenvalue weighted by Crippen LogP contribution is -2.28. The van der Waals surface area contributed by atoms with Crippen molar-refractivity contribution < 1.29 is 4.79 Å². The first-order chi connectivity index (χ1) is 9.60. The number of unbranched alkanes of at least 4 members (excludes halogenated alkanes) is 2. The summed E-state index contributed by atoms with van der Waals surface area (Å²) in [7, 11) is 1.89. The van der Waals surface area contributed by atoms with E-state index in [9.17, 15) is 4.79 Å². The van der Waals surface area contributed by atoms with Crippen LogP contribution in [0.25, 0.3) is 0 Å². The molecule has 0 saturated heterocycles. The summed E-state index contributed by atoms with van der Waals surface area (Å²) in [4.78, 5) is 14.4. The molecule has 1 rings (SSSR count). The van der Waals surface area contributed by atoms with E-state index in [1.807, 2.05) is 24.1 Å². The lowest BCUT2D eigenvalue weighted by molar-refractivity contribution is 0.0793. The predicted octanol–water partition coefficient (Wildman–Crippen LogP) is 4.08. The van der Waals surface area contributed by atoms with E-state index in [1.54, 1.807) is 0 Å². The summed E-state index contributed by atoms with van der Waals surface area (Å²) >= 11 is 0. The zero-order valence-corrected chi connectivity index (χ0v) is 13.3. The van der Waals surface area contributed by atoms with Gasteiger partial charge in [-0.05, 0) is 37.5 Å². The highest BCUT2D eigenvalue weighted by Crippen LogP contribution is 2.19. The lowest BCUT2D eigenvalue weighted by atomic mass is 10.1. The summed E-state index contributed by atoms with van der Waals surface area (Å²) in [6.07, 6.45) is 4.47. The maximum Gasteiger partial charge on any atom is 0.255 e. The van der Waals surface area contributed by atoms with Gasteiger partial charge in [0.25, 0.3) is 5.91 Å². The Morgan fingerprint density at radius 1 is 1.20 bits per heavy atom. The third-order valence-corrected chi connectivity index (χ3v) is 3.41. The van der Waals surface area contributed by atoms with E-state index in [4.69, 9.17) is 0 Å². The second-order valence-corrected chi connectivity index (χ2v) is 5.41. The average molecular weight is 276 g/mol. The van der Waals surface area contributed by atoms with Crippen molar-refractivity contribution in [3.05, 3.63) is 29.3 Å². The lowest BCUT2D eigenvalue weighted by Gasteiger charge is -2.20. The number of hydrogen-bond acceptors (Lipinski definition) is 2. The molecule has 0 spiro atoms. The van der Waals surface area contributed by atoms with Gasteiger partial charge in [0.1, 0.15) is 0 Å². The predicted molar refractivity (Wildman–Crippen MR) is 86.4 cm³/mol. The number of nitrogens with zero attached hydrogens (tertiary/aromatic N) is 1. The van der Waals surface area contributed by atoms with Crippen molar-refractivity contribution >= 4 is 11.6 Å². The molecule has 1 amide bonds. The van der Waals surface area contributed by atoms with Crippen LogP contribution in [0.15, 0.2) is 18.2 Å². The van der Waals surface area contributed by atoms with Crippen molar-refractivity contribution in [2.45, 2.75) is 46.5 Å². The fourth-order valence-electron chi connectivity index (χ4n) is 2.16. The first-order valence-corrected chi connectivity index (χ1v) is 7.70. The molecular weight excluding hydrogens is 248 g/mol. The zero-order valence-electron chi connectivity index (χ0n) is 13.3. The number of amides is 1. The van der Waals surface area contributed by atoms with Crippen LogP contribution in [0.5, 0.6) is 0 Å². The van der Waals surface area contributed by atoms with Gasteiger partial charge in [-0.25, -0.2) is 0 Å². The fourth-order valence-corrected chi connectivity index (χ4v) is 2.16. The first-order valence-electron chi connectivity index (χ1n) is 7.70. The third-order valence-electron chi connectivity index (χ3n) is 3.41. The Kier molecular flexibility index (Phi) is 7.13. The SMILES string of the molecule is CCCCCN(C)C(=O)c1ccc(C)cc1NCCC. The molecule has 0 aliphatic carbocycles. The van der Waals surface area contributed by atoms with E-state index in [1.165, 1.54) is 18.4 Å². The summed E-state index contributed by atoms with van der Waals surface area (Å²) in [5, 5.41) is 3.36. The first kappa shape index (κ1) is 16.5. The van der Waals surface area contributed by atoms with Crippen LogP contribution in [0.3, 0.4) is 0 Å². The monoisotopic (exact) mass is 276 g/mol. The highest BCUT2D eigenvalue weighted by atomic mass is 16.2. The Labute approximate surface area is 123 Å². The van der Waals surface area contributed by atoms with Crippen LogP contribution >= 0.6 is 0 Å². The Morgan fingerprint density at radius 2 is 1.95 bits per heavy atom. The molecule has 1 aromatic carbocycles. The summed E-state index contributed by atoms with van der Waals surface area (Å²) in [5.41, 5.74) is 2.91. The van der Waals surface area contributed by atoms with Crippen LogP contribution in [-0.2, 0) is 0 Å². The van der Waals surface area contributed by atoms with E-state index in [-0.39, 0.29) is 5.91 Å². The molecule has 1 N–H and O–H groups in total. The van der Waals surface area contributed by atoms with Crippen molar-refractivity contribution in [2.75, 3.05) is 25.5 Å². The van der Waals surface area contributed by atoms with E-state index in [0.29, 0.717) is 0 Å². The molecule has 3 nitrogen and oxygen atoms in total. The fraction of sp³-hybridized carbons (Fsp3) is 0.588. The van der Waals surface area contributed by atoms with Gasteiger partial charge in [-0.3, -0.25) is 4.79 Å². The molecule has 0 unspecified atom stereocenters. The number of benzene rings is 1. The van der Waals surface area contributed by atoms with Gasteiger partial charge in [-0.15, -0.1) is 0 Å². The number of anilines is 1. The minimum absolute atomic E-state index is 0.111. The van der Waals surface area contributed by atoms with Gasteiger partial charge in [-0.1, -0.05) is 32.8 Å². The molecule has 0 saturated carbocycles. The van der Waals surface area contributed by atoms with Crippen LogP contribution in [0, 0.1) is 6.92 Å². The second kappa shape index (κ2) is 8.62. The molecule has 112 valence electrons. The molecule has 0 bridgehead atoms. The Morgan fingerprint density at radius 3 is 2.60 bits per heavy atom. The minimum Gasteiger partial charge on any atom is -0.384 e. The number of hydrogen-bond donors (Lipinski definition) is 1. The van der Waals surface area contributed by atoms with E-state index in [2.05, 4.69) is 32.2 Å². The van der Waals surface area contributed by atoms with Gasteiger partial charge in [0.15, 0.2) is 0 Å². The Hall–Kier alpha value is -1.51. The van der Waals surface area contributed by atoms with Crippen molar-refractivity contribution in [3.8, 4) is 0 Å². The largest absolute Gasteiger partial charge is 0.384 e. The molecule has 0 aliphatic heterocycles. The quantitative estimate of drug-likeness (QED) is 0.726. The third kappa shape index (κ3) is 4.87. The van der Waals surface area contributed by atoms with Crippen molar-refractivity contribution in [2.24, 2.45) is 0 Å². The van der Waals surface area contributed by atoms with Crippen LogP contribution in [0.1, 0.15) is 55.5 Å². The van der Waals surface area contributed by atoms with Crippen molar-refractivity contribution in [1.82, 2.24) is 4.90 Å².